The Morgan fingerprint density at radius 3 is 3.00 bits per heavy atom. The second-order valence-corrected chi connectivity index (χ2v) is 3.80. The van der Waals surface area contributed by atoms with Crippen LogP contribution >= 0.6 is 0 Å². The number of hydrogen-bond acceptors (Lipinski definition) is 3. The minimum Gasteiger partial charge on any atom is -0.396 e. The minimum atomic E-state index is 0.0531. The van der Waals surface area contributed by atoms with E-state index in [0.717, 1.165) is 18.4 Å². The average molecular weight is 225 g/mol. The molecular formula is C11H19N3O2. The summed E-state index contributed by atoms with van der Waals surface area (Å²) in [6, 6.07) is 0. The summed E-state index contributed by atoms with van der Waals surface area (Å²) < 4.78 is 1.75. The van der Waals surface area contributed by atoms with E-state index in [-0.39, 0.29) is 12.5 Å². The lowest BCUT2D eigenvalue weighted by Crippen LogP contribution is -2.25. The first kappa shape index (κ1) is 12.7. The topological polar surface area (TPSA) is 67.2 Å². The number of aliphatic hydroxyl groups is 1. The minimum absolute atomic E-state index is 0.0531. The molecule has 0 fully saturated rings. The van der Waals surface area contributed by atoms with Gasteiger partial charge in [0.1, 0.15) is 0 Å². The van der Waals surface area contributed by atoms with Crippen LogP contribution in [0.15, 0.2) is 12.4 Å². The molecule has 5 heteroatoms. The Morgan fingerprint density at radius 2 is 2.38 bits per heavy atom. The fraction of sp³-hybridized carbons (Fsp3) is 0.636. The molecule has 0 aliphatic heterocycles. The van der Waals surface area contributed by atoms with Gasteiger partial charge >= 0.3 is 0 Å². The maximum atomic E-state index is 11.3. The Labute approximate surface area is 95.5 Å². The Kier molecular flexibility index (Phi) is 5.56. The van der Waals surface area contributed by atoms with Crippen LogP contribution in [0.4, 0.5) is 0 Å². The zero-order valence-electron chi connectivity index (χ0n) is 9.65. The van der Waals surface area contributed by atoms with Crippen LogP contribution in [0.1, 0.15) is 24.8 Å². The van der Waals surface area contributed by atoms with Gasteiger partial charge in [-0.2, -0.15) is 5.10 Å². The number of carbonyl (C=O) groups excluding carboxylic acids is 1. The van der Waals surface area contributed by atoms with Crippen LogP contribution in [0.5, 0.6) is 0 Å². The van der Waals surface area contributed by atoms with Gasteiger partial charge in [0.05, 0.1) is 6.20 Å². The fourth-order valence-corrected chi connectivity index (χ4v) is 1.43. The Bertz CT molecular complexity index is 323. The molecule has 1 heterocycles. The van der Waals surface area contributed by atoms with Crippen molar-refractivity contribution in [3.8, 4) is 0 Å². The number of amides is 1. The summed E-state index contributed by atoms with van der Waals surface area (Å²) in [5, 5.41) is 15.5. The number of aromatic nitrogens is 2. The number of unbranched alkanes of at least 4 members (excludes halogenated alkanes) is 1. The van der Waals surface area contributed by atoms with E-state index in [1.807, 2.05) is 13.2 Å². The first-order chi connectivity index (χ1) is 7.72. The zero-order valence-corrected chi connectivity index (χ0v) is 9.65. The molecule has 16 heavy (non-hydrogen) atoms. The summed E-state index contributed by atoms with van der Waals surface area (Å²) in [4.78, 5) is 11.3. The van der Waals surface area contributed by atoms with E-state index < -0.39 is 0 Å². The summed E-state index contributed by atoms with van der Waals surface area (Å²) in [7, 11) is 1.87. The van der Waals surface area contributed by atoms with Crippen LogP contribution in [-0.2, 0) is 18.3 Å². The molecular weight excluding hydrogens is 206 g/mol. The highest BCUT2D eigenvalue weighted by Crippen LogP contribution is 1.97. The highest BCUT2D eigenvalue weighted by atomic mass is 16.2. The van der Waals surface area contributed by atoms with E-state index in [9.17, 15) is 4.79 Å². The maximum Gasteiger partial charge on any atom is 0.220 e. The van der Waals surface area contributed by atoms with Crippen molar-refractivity contribution < 1.29 is 9.90 Å². The van der Waals surface area contributed by atoms with Gasteiger partial charge in [-0.1, -0.05) is 0 Å². The standard InChI is InChI=1S/C11H19N3O2/c1-14-9-10(8-13-14)5-6-12-11(16)4-2-3-7-15/h8-9,15H,2-7H2,1H3,(H,12,16). The van der Waals surface area contributed by atoms with Gasteiger partial charge in [0.2, 0.25) is 5.91 Å². The Hall–Kier alpha value is -1.36. The number of hydrogen-bond donors (Lipinski definition) is 2. The van der Waals surface area contributed by atoms with Gasteiger partial charge in [0.25, 0.3) is 0 Å². The van der Waals surface area contributed by atoms with E-state index in [1.54, 1.807) is 10.9 Å². The molecule has 1 aromatic heterocycles. The lowest BCUT2D eigenvalue weighted by atomic mass is 10.2. The van der Waals surface area contributed by atoms with E-state index in [2.05, 4.69) is 10.4 Å². The number of rotatable bonds is 7. The summed E-state index contributed by atoms with van der Waals surface area (Å²) in [6.07, 6.45) is 6.48. The molecule has 0 aliphatic carbocycles. The van der Waals surface area contributed by atoms with Crippen LogP contribution in [0.3, 0.4) is 0 Å². The third-order valence-corrected chi connectivity index (χ3v) is 2.31. The van der Waals surface area contributed by atoms with Crippen LogP contribution in [0.25, 0.3) is 0 Å². The number of aliphatic hydroxyl groups excluding tert-OH is 1. The van der Waals surface area contributed by atoms with Crippen molar-refractivity contribution in [3.63, 3.8) is 0 Å². The van der Waals surface area contributed by atoms with Crippen LogP contribution in [0.2, 0.25) is 0 Å². The second kappa shape index (κ2) is 7.00. The van der Waals surface area contributed by atoms with E-state index in [1.165, 1.54) is 0 Å². The lowest BCUT2D eigenvalue weighted by molar-refractivity contribution is -0.121. The highest BCUT2D eigenvalue weighted by molar-refractivity contribution is 5.75. The predicted molar refractivity (Wildman–Crippen MR) is 60.9 cm³/mol. The normalized spacial score (nSPS) is 10.4. The molecule has 0 aromatic carbocycles. The largest absolute Gasteiger partial charge is 0.396 e. The number of nitrogens with zero attached hydrogens (tertiary/aromatic N) is 2. The number of carbonyl (C=O) groups is 1. The molecule has 0 atom stereocenters. The van der Waals surface area contributed by atoms with Crippen molar-refractivity contribution in [2.75, 3.05) is 13.2 Å². The highest BCUT2D eigenvalue weighted by Gasteiger charge is 2.01. The molecule has 1 rings (SSSR count). The molecule has 0 aliphatic rings. The van der Waals surface area contributed by atoms with Crippen molar-refractivity contribution in [2.45, 2.75) is 25.7 Å². The molecule has 0 radical (unpaired) electrons. The molecule has 0 unspecified atom stereocenters. The van der Waals surface area contributed by atoms with Gasteiger partial charge in [-0.05, 0) is 24.8 Å². The quantitative estimate of drug-likeness (QED) is 0.653. The van der Waals surface area contributed by atoms with Gasteiger partial charge in [-0.3, -0.25) is 9.48 Å². The van der Waals surface area contributed by atoms with E-state index in [0.29, 0.717) is 19.4 Å². The molecule has 1 aromatic rings. The van der Waals surface area contributed by atoms with Crippen LogP contribution < -0.4 is 5.32 Å². The lowest BCUT2D eigenvalue weighted by Gasteiger charge is -2.03. The maximum absolute atomic E-state index is 11.3. The summed E-state index contributed by atoms with van der Waals surface area (Å²) >= 11 is 0. The van der Waals surface area contributed by atoms with E-state index >= 15 is 0 Å². The Balaban J connectivity index is 2.08. The molecule has 2 N–H and O–H groups in total. The second-order valence-electron chi connectivity index (χ2n) is 3.80. The van der Waals surface area contributed by atoms with Gasteiger partial charge in [-0.15, -0.1) is 0 Å². The molecule has 0 spiro atoms. The first-order valence-electron chi connectivity index (χ1n) is 5.57. The van der Waals surface area contributed by atoms with Crippen molar-refractivity contribution in [1.82, 2.24) is 15.1 Å². The third kappa shape index (κ3) is 4.93. The van der Waals surface area contributed by atoms with Crippen LogP contribution in [0, 0.1) is 0 Å². The van der Waals surface area contributed by atoms with Gasteiger partial charge < -0.3 is 10.4 Å². The number of nitrogens with one attached hydrogen (secondary N) is 1. The molecule has 1 amide bonds. The molecule has 0 saturated heterocycles. The summed E-state index contributed by atoms with van der Waals surface area (Å²) in [6.45, 7) is 0.798. The predicted octanol–water partition coefficient (Wildman–Crippen LogP) is 0.241. The zero-order chi connectivity index (χ0) is 11.8. The fourth-order valence-electron chi connectivity index (χ4n) is 1.43. The van der Waals surface area contributed by atoms with Crippen LogP contribution in [-0.4, -0.2) is 33.9 Å². The van der Waals surface area contributed by atoms with Crippen molar-refractivity contribution in [1.29, 1.82) is 0 Å². The van der Waals surface area contributed by atoms with E-state index in [4.69, 9.17) is 5.11 Å². The smallest absolute Gasteiger partial charge is 0.220 e. The van der Waals surface area contributed by atoms with Crippen molar-refractivity contribution in [2.24, 2.45) is 7.05 Å². The summed E-state index contributed by atoms with van der Waals surface area (Å²) in [5.41, 5.74) is 1.12. The molecule has 5 nitrogen and oxygen atoms in total. The summed E-state index contributed by atoms with van der Waals surface area (Å²) in [5.74, 6) is 0.0531. The SMILES string of the molecule is Cn1cc(CCNC(=O)CCCCO)cn1. The molecule has 0 saturated carbocycles. The van der Waals surface area contributed by atoms with Gasteiger partial charge in [0, 0.05) is 32.8 Å². The molecule has 90 valence electrons. The van der Waals surface area contributed by atoms with Gasteiger partial charge in [-0.25, -0.2) is 0 Å². The first-order valence-corrected chi connectivity index (χ1v) is 5.57. The number of aryl methyl sites for hydroxylation is 1. The van der Waals surface area contributed by atoms with Gasteiger partial charge in [0.15, 0.2) is 0 Å². The average Bonchev–Trinajstić information content (AvgIpc) is 2.65. The monoisotopic (exact) mass is 225 g/mol. The Morgan fingerprint density at radius 1 is 1.56 bits per heavy atom. The third-order valence-electron chi connectivity index (χ3n) is 2.31. The van der Waals surface area contributed by atoms with Crippen molar-refractivity contribution >= 4 is 5.91 Å². The molecule has 0 bridgehead atoms. The van der Waals surface area contributed by atoms with Crippen molar-refractivity contribution in [3.05, 3.63) is 18.0 Å².